The van der Waals surface area contributed by atoms with Crippen molar-refractivity contribution in [3.8, 4) is 11.5 Å². The summed E-state index contributed by atoms with van der Waals surface area (Å²) in [5.41, 5.74) is 1.90. The predicted molar refractivity (Wildman–Crippen MR) is 101 cm³/mol. The Kier molecular flexibility index (Phi) is 5.02. The van der Waals surface area contributed by atoms with E-state index >= 15 is 0 Å². The average Bonchev–Trinajstić information content (AvgIpc) is 2.68. The summed E-state index contributed by atoms with van der Waals surface area (Å²) < 4.78 is 12.0. The molecule has 1 N–H and O–H groups in total. The number of aliphatic hydroxyl groups excluding tert-OH is 1. The van der Waals surface area contributed by atoms with Gasteiger partial charge in [-0.25, -0.2) is 0 Å². The van der Waals surface area contributed by atoms with Crippen LogP contribution in [0.1, 0.15) is 31.2 Å². The Morgan fingerprint density at radius 2 is 1.85 bits per heavy atom. The summed E-state index contributed by atoms with van der Waals surface area (Å²) >= 11 is 0. The fourth-order valence-corrected chi connectivity index (χ4v) is 3.45. The summed E-state index contributed by atoms with van der Waals surface area (Å²) in [7, 11) is 0. The van der Waals surface area contributed by atoms with Crippen molar-refractivity contribution in [3.63, 3.8) is 0 Å². The second kappa shape index (κ2) is 7.75. The minimum Gasteiger partial charge on any atom is -0.488 e. The van der Waals surface area contributed by atoms with E-state index < -0.39 is 0 Å². The molecule has 1 fully saturated rings. The molecule has 4 heteroatoms. The van der Waals surface area contributed by atoms with Gasteiger partial charge in [0, 0.05) is 11.6 Å². The summed E-state index contributed by atoms with van der Waals surface area (Å²) in [6.45, 7) is 0.445. The summed E-state index contributed by atoms with van der Waals surface area (Å²) in [6.07, 6.45) is 5.21. The second-order valence-corrected chi connectivity index (χ2v) is 6.78. The van der Waals surface area contributed by atoms with Crippen molar-refractivity contribution in [1.29, 1.82) is 0 Å². The molecule has 2 aromatic carbocycles. The first-order valence-corrected chi connectivity index (χ1v) is 9.20. The molecule has 2 atom stereocenters. The van der Waals surface area contributed by atoms with E-state index in [4.69, 9.17) is 9.47 Å². The predicted octanol–water partition coefficient (Wildman–Crippen LogP) is 4.50. The van der Waals surface area contributed by atoms with Crippen LogP contribution in [0.25, 0.3) is 10.9 Å². The van der Waals surface area contributed by atoms with E-state index in [9.17, 15) is 5.11 Å². The van der Waals surface area contributed by atoms with E-state index in [0.717, 1.165) is 53.6 Å². The van der Waals surface area contributed by atoms with Crippen molar-refractivity contribution in [2.45, 2.75) is 44.5 Å². The van der Waals surface area contributed by atoms with Gasteiger partial charge in [-0.2, -0.15) is 0 Å². The van der Waals surface area contributed by atoms with Gasteiger partial charge in [0.2, 0.25) is 0 Å². The highest BCUT2D eigenvalue weighted by molar-refractivity contribution is 5.84. The third-order valence-corrected chi connectivity index (χ3v) is 4.84. The number of hydrogen-bond acceptors (Lipinski definition) is 4. The third kappa shape index (κ3) is 3.81. The third-order valence-electron chi connectivity index (χ3n) is 4.84. The normalized spacial score (nSPS) is 20.0. The molecular formula is C22H23NO3. The summed E-state index contributed by atoms with van der Waals surface area (Å²) in [6, 6.07) is 17.8. The number of benzene rings is 2. The van der Waals surface area contributed by atoms with Crippen molar-refractivity contribution in [3.05, 3.63) is 66.4 Å². The van der Waals surface area contributed by atoms with Crippen LogP contribution in [0.3, 0.4) is 0 Å². The molecule has 0 bridgehead atoms. The van der Waals surface area contributed by atoms with Crippen LogP contribution in [0.15, 0.2) is 60.8 Å². The lowest BCUT2D eigenvalue weighted by atomic mass is 9.95. The molecule has 1 aromatic heterocycles. The first-order valence-electron chi connectivity index (χ1n) is 9.20. The summed E-state index contributed by atoms with van der Waals surface area (Å²) in [4.78, 5) is 4.42. The molecule has 134 valence electrons. The Morgan fingerprint density at radius 3 is 2.77 bits per heavy atom. The van der Waals surface area contributed by atoms with E-state index in [2.05, 4.69) is 4.98 Å². The first kappa shape index (κ1) is 16.9. The number of aliphatic hydroxyl groups is 1. The van der Waals surface area contributed by atoms with Gasteiger partial charge < -0.3 is 14.6 Å². The SMILES string of the molecule is O[C@@H]1CCCC[C@H]1Oc1cccc(COc2cccc3cccnc23)c1. The van der Waals surface area contributed by atoms with Crippen molar-refractivity contribution in [1.82, 2.24) is 4.98 Å². The average molecular weight is 349 g/mol. The molecule has 0 aliphatic heterocycles. The number of rotatable bonds is 5. The number of fused-ring (bicyclic) bond motifs is 1. The molecule has 1 aliphatic carbocycles. The lowest BCUT2D eigenvalue weighted by Crippen LogP contribution is -2.34. The highest BCUT2D eigenvalue weighted by atomic mass is 16.5. The Morgan fingerprint density at radius 1 is 1.00 bits per heavy atom. The zero-order chi connectivity index (χ0) is 17.8. The molecule has 4 nitrogen and oxygen atoms in total. The smallest absolute Gasteiger partial charge is 0.146 e. The van der Waals surface area contributed by atoms with Crippen molar-refractivity contribution in [2.75, 3.05) is 0 Å². The summed E-state index contributed by atoms with van der Waals surface area (Å²) in [5, 5.41) is 11.2. The Bertz CT molecular complexity index is 875. The molecule has 0 radical (unpaired) electrons. The van der Waals surface area contributed by atoms with Gasteiger partial charge in [0.15, 0.2) is 0 Å². The van der Waals surface area contributed by atoms with Gasteiger partial charge in [-0.3, -0.25) is 4.98 Å². The fourth-order valence-electron chi connectivity index (χ4n) is 3.45. The van der Waals surface area contributed by atoms with Gasteiger partial charge in [-0.05, 0) is 49.1 Å². The molecule has 0 saturated heterocycles. The van der Waals surface area contributed by atoms with Crippen molar-refractivity contribution >= 4 is 10.9 Å². The van der Waals surface area contributed by atoms with Crippen LogP contribution in [-0.2, 0) is 6.61 Å². The van der Waals surface area contributed by atoms with Crippen molar-refractivity contribution in [2.24, 2.45) is 0 Å². The molecule has 26 heavy (non-hydrogen) atoms. The van der Waals surface area contributed by atoms with Crippen LogP contribution in [0.2, 0.25) is 0 Å². The number of ether oxygens (including phenoxy) is 2. The highest BCUT2D eigenvalue weighted by Crippen LogP contribution is 2.26. The largest absolute Gasteiger partial charge is 0.488 e. The standard InChI is InChI=1S/C22H23NO3/c24-19-10-1-2-11-20(19)26-18-9-3-6-16(14-18)15-25-21-12-4-7-17-8-5-13-23-22(17)21/h3-9,12-14,19-20,24H,1-2,10-11,15H2/t19-,20-/m1/s1. The molecule has 3 aromatic rings. The van der Waals surface area contributed by atoms with E-state index in [1.807, 2.05) is 54.6 Å². The molecule has 1 saturated carbocycles. The first-order chi connectivity index (χ1) is 12.8. The minimum absolute atomic E-state index is 0.109. The van der Waals surface area contributed by atoms with Gasteiger partial charge >= 0.3 is 0 Å². The topological polar surface area (TPSA) is 51.6 Å². The molecule has 0 spiro atoms. The number of nitrogens with zero attached hydrogens (tertiary/aromatic N) is 1. The van der Waals surface area contributed by atoms with E-state index in [1.54, 1.807) is 6.20 Å². The Hall–Kier alpha value is -2.59. The van der Waals surface area contributed by atoms with Crippen LogP contribution in [0.4, 0.5) is 0 Å². The van der Waals surface area contributed by atoms with Crippen LogP contribution in [0, 0.1) is 0 Å². The molecular weight excluding hydrogens is 326 g/mol. The zero-order valence-electron chi connectivity index (χ0n) is 14.7. The van der Waals surface area contributed by atoms with Crippen LogP contribution < -0.4 is 9.47 Å². The van der Waals surface area contributed by atoms with Gasteiger partial charge in [0.25, 0.3) is 0 Å². The minimum atomic E-state index is -0.370. The van der Waals surface area contributed by atoms with Crippen LogP contribution in [-0.4, -0.2) is 22.3 Å². The number of hydrogen-bond donors (Lipinski definition) is 1. The van der Waals surface area contributed by atoms with Gasteiger partial charge in [-0.15, -0.1) is 0 Å². The monoisotopic (exact) mass is 349 g/mol. The van der Waals surface area contributed by atoms with Crippen LogP contribution in [0.5, 0.6) is 11.5 Å². The fraction of sp³-hybridized carbons (Fsp3) is 0.318. The molecule has 0 amide bonds. The van der Waals surface area contributed by atoms with Crippen LogP contribution >= 0.6 is 0 Å². The highest BCUT2D eigenvalue weighted by Gasteiger charge is 2.24. The lowest BCUT2D eigenvalue weighted by Gasteiger charge is -2.28. The maximum absolute atomic E-state index is 10.1. The molecule has 1 aliphatic rings. The zero-order valence-corrected chi connectivity index (χ0v) is 14.7. The van der Waals surface area contributed by atoms with E-state index in [0.29, 0.717) is 6.61 Å². The van der Waals surface area contributed by atoms with Crippen molar-refractivity contribution < 1.29 is 14.6 Å². The number of para-hydroxylation sites is 1. The maximum Gasteiger partial charge on any atom is 0.146 e. The number of aromatic nitrogens is 1. The molecule has 4 rings (SSSR count). The Labute approximate surface area is 153 Å². The maximum atomic E-state index is 10.1. The van der Waals surface area contributed by atoms with E-state index in [1.165, 1.54) is 0 Å². The lowest BCUT2D eigenvalue weighted by molar-refractivity contribution is 0.00681. The van der Waals surface area contributed by atoms with E-state index in [-0.39, 0.29) is 12.2 Å². The van der Waals surface area contributed by atoms with Gasteiger partial charge in [0.1, 0.15) is 29.7 Å². The molecule has 1 heterocycles. The summed E-state index contributed by atoms with van der Waals surface area (Å²) in [5.74, 6) is 1.56. The molecule has 0 unspecified atom stereocenters. The van der Waals surface area contributed by atoms with Gasteiger partial charge in [-0.1, -0.05) is 36.8 Å². The Balaban J connectivity index is 1.45. The van der Waals surface area contributed by atoms with Gasteiger partial charge in [0.05, 0.1) is 6.10 Å². The quantitative estimate of drug-likeness (QED) is 0.737. The number of pyridine rings is 1. The second-order valence-electron chi connectivity index (χ2n) is 6.78.